The van der Waals surface area contributed by atoms with Gasteiger partial charge in [-0.05, 0) is 23.6 Å². The van der Waals surface area contributed by atoms with Crippen LogP contribution < -0.4 is 15.5 Å². The Hall–Kier alpha value is -1.81. The standard InChI is InChI=1S/C22H31N5OS.HI/c1-22(2,19-10-7-15-29-19)17-25-21(23-3)24-16-20(28)27-13-11-26(12-14-27)18-8-5-4-6-9-18;/h4-10,15H,11-14,16-17H2,1-3H3,(H2,23,24,25);1H. The summed E-state index contributed by atoms with van der Waals surface area (Å²) in [6.07, 6.45) is 0. The van der Waals surface area contributed by atoms with E-state index in [1.165, 1.54) is 10.6 Å². The van der Waals surface area contributed by atoms with Crippen molar-refractivity contribution in [3.63, 3.8) is 0 Å². The van der Waals surface area contributed by atoms with Gasteiger partial charge < -0.3 is 20.4 Å². The summed E-state index contributed by atoms with van der Waals surface area (Å²) < 4.78 is 0. The minimum atomic E-state index is 0. The Morgan fingerprint density at radius 1 is 1.07 bits per heavy atom. The van der Waals surface area contributed by atoms with Gasteiger partial charge in [0.15, 0.2) is 5.96 Å². The smallest absolute Gasteiger partial charge is 0.242 e. The number of carbonyl (C=O) groups is 1. The van der Waals surface area contributed by atoms with Crippen molar-refractivity contribution in [1.82, 2.24) is 15.5 Å². The monoisotopic (exact) mass is 541 g/mol. The van der Waals surface area contributed by atoms with E-state index < -0.39 is 0 Å². The summed E-state index contributed by atoms with van der Waals surface area (Å²) in [6.45, 7) is 8.61. The third kappa shape index (κ3) is 6.60. The largest absolute Gasteiger partial charge is 0.368 e. The molecule has 0 saturated carbocycles. The van der Waals surface area contributed by atoms with Crippen LogP contribution in [0.2, 0.25) is 0 Å². The summed E-state index contributed by atoms with van der Waals surface area (Å²) in [5.74, 6) is 0.768. The van der Waals surface area contributed by atoms with Gasteiger partial charge in [0.25, 0.3) is 0 Å². The lowest BCUT2D eigenvalue weighted by Crippen LogP contribution is -2.52. The Labute approximate surface area is 200 Å². The average molecular weight is 542 g/mol. The van der Waals surface area contributed by atoms with Crippen molar-refractivity contribution in [3.8, 4) is 0 Å². The molecule has 0 unspecified atom stereocenters. The molecule has 1 saturated heterocycles. The molecular weight excluding hydrogens is 509 g/mol. The minimum Gasteiger partial charge on any atom is -0.368 e. The molecule has 1 aromatic heterocycles. The fraction of sp³-hybridized carbons (Fsp3) is 0.455. The zero-order chi connectivity index (χ0) is 20.7. The van der Waals surface area contributed by atoms with Crippen molar-refractivity contribution < 1.29 is 4.79 Å². The predicted molar refractivity (Wildman–Crippen MR) is 137 cm³/mol. The Balaban J connectivity index is 0.00000320. The summed E-state index contributed by atoms with van der Waals surface area (Å²) in [5.41, 5.74) is 1.22. The van der Waals surface area contributed by atoms with Crippen LogP contribution in [-0.4, -0.2) is 63.1 Å². The molecule has 8 heteroatoms. The summed E-state index contributed by atoms with van der Waals surface area (Å²) in [4.78, 5) is 22.4. The van der Waals surface area contributed by atoms with Gasteiger partial charge in [-0.2, -0.15) is 0 Å². The van der Waals surface area contributed by atoms with E-state index >= 15 is 0 Å². The van der Waals surface area contributed by atoms with Crippen LogP contribution in [0.25, 0.3) is 0 Å². The van der Waals surface area contributed by atoms with Crippen LogP contribution in [0.1, 0.15) is 18.7 Å². The molecule has 1 fully saturated rings. The molecule has 0 bridgehead atoms. The first-order valence-corrected chi connectivity index (χ1v) is 10.9. The molecule has 2 aromatic rings. The van der Waals surface area contributed by atoms with Crippen molar-refractivity contribution in [3.05, 3.63) is 52.7 Å². The van der Waals surface area contributed by atoms with Crippen molar-refractivity contribution in [1.29, 1.82) is 0 Å². The molecule has 1 amide bonds. The number of guanidine groups is 1. The van der Waals surface area contributed by atoms with Gasteiger partial charge in [-0.1, -0.05) is 38.1 Å². The molecule has 1 aromatic carbocycles. The zero-order valence-electron chi connectivity index (χ0n) is 17.9. The third-order valence-electron chi connectivity index (χ3n) is 5.27. The lowest BCUT2D eigenvalue weighted by atomic mass is 9.91. The Bertz CT molecular complexity index is 802. The van der Waals surface area contributed by atoms with Gasteiger partial charge in [-0.15, -0.1) is 35.3 Å². The highest BCUT2D eigenvalue weighted by Gasteiger charge is 2.23. The minimum absolute atomic E-state index is 0. The van der Waals surface area contributed by atoms with Crippen molar-refractivity contribution in [2.75, 3.05) is 51.2 Å². The molecule has 1 aliphatic heterocycles. The number of hydrogen-bond donors (Lipinski definition) is 2. The zero-order valence-corrected chi connectivity index (χ0v) is 21.1. The van der Waals surface area contributed by atoms with Gasteiger partial charge in [0, 0.05) is 55.8 Å². The molecule has 0 aliphatic carbocycles. The predicted octanol–water partition coefficient (Wildman–Crippen LogP) is 3.16. The fourth-order valence-electron chi connectivity index (χ4n) is 3.40. The lowest BCUT2D eigenvalue weighted by Gasteiger charge is -2.36. The Morgan fingerprint density at radius 2 is 1.77 bits per heavy atom. The van der Waals surface area contributed by atoms with Crippen LogP contribution in [-0.2, 0) is 10.2 Å². The maximum Gasteiger partial charge on any atom is 0.242 e. The normalized spacial score (nSPS) is 14.8. The summed E-state index contributed by atoms with van der Waals surface area (Å²) in [5, 5.41) is 8.61. The number of hydrogen-bond acceptors (Lipinski definition) is 4. The van der Waals surface area contributed by atoms with E-state index in [0.717, 1.165) is 32.7 Å². The molecule has 30 heavy (non-hydrogen) atoms. The van der Waals surface area contributed by atoms with Crippen LogP contribution in [0.3, 0.4) is 0 Å². The molecule has 164 valence electrons. The number of anilines is 1. The van der Waals surface area contributed by atoms with E-state index in [1.54, 1.807) is 18.4 Å². The van der Waals surface area contributed by atoms with Crippen molar-refractivity contribution >= 4 is 52.9 Å². The van der Waals surface area contributed by atoms with Gasteiger partial charge in [0.05, 0.1) is 6.54 Å². The molecule has 2 heterocycles. The first-order valence-electron chi connectivity index (χ1n) is 10.1. The van der Waals surface area contributed by atoms with E-state index in [0.29, 0.717) is 5.96 Å². The van der Waals surface area contributed by atoms with Crippen LogP contribution in [0, 0.1) is 0 Å². The number of rotatable bonds is 6. The molecule has 0 spiro atoms. The number of carbonyl (C=O) groups excluding carboxylic acids is 1. The second-order valence-electron chi connectivity index (χ2n) is 7.84. The van der Waals surface area contributed by atoms with Crippen LogP contribution >= 0.6 is 35.3 Å². The second kappa shape index (κ2) is 11.5. The van der Waals surface area contributed by atoms with Gasteiger partial charge in [-0.3, -0.25) is 9.79 Å². The van der Waals surface area contributed by atoms with Crippen LogP contribution in [0.15, 0.2) is 52.8 Å². The van der Waals surface area contributed by atoms with Crippen LogP contribution in [0.4, 0.5) is 5.69 Å². The van der Waals surface area contributed by atoms with Crippen molar-refractivity contribution in [2.45, 2.75) is 19.3 Å². The highest BCUT2D eigenvalue weighted by Crippen LogP contribution is 2.26. The quantitative estimate of drug-likeness (QED) is 0.335. The molecule has 1 aliphatic rings. The number of amides is 1. The lowest BCUT2D eigenvalue weighted by molar-refractivity contribution is -0.130. The molecular formula is C22H32IN5OS. The molecule has 0 radical (unpaired) electrons. The fourth-order valence-corrected chi connectivity index (χ4v) is 4.25. The second-order valence-corrected chi connectivity index (χ2v) is 8.79. The summed E-state index contributed by atoms with van der Waals surface area (Å²) in [6, 6.07) is 14.6. The number of para-hydroxylation sites is 1. The maximum atomic E-state index is 12.6. The van der Waals surface area contributed by atoms with Gasteiger partial charge in [0.1, 0.15) is 0 Å². The van der Waals surface area contributed by atoms with Crippen LogP contribution in [0.5, 0.6) is 0 Å². The van der Waals surface area contributed by atoms with E-state index in [1.807, 2.05) is 11.0 Å². The van der Waals surface area contributed by atoms with Crippen molar-refractivity contribution in [2.24, 2.45) is 4.99 Å². The molecule has 6 nitrogen and oxygen atoms in total. The van der Waals surface area contributed by atoms with E-state index in [-0.39, 0.29) is 41.8 Å². The van der Waals surface area contributed by atoms with E-state index in [2.05, 4.69) is 76.2 Å². The number of aliphatic imine (C=N–C) groups is 1. The summed E-state index contributed by atoms with van der Waals surface area (Å²) >= 11 is 1.76. The highest BCUT2D eigenvalue weighted by molar-refractivity contribution is 14.0. The number of benzene rings is 1. The highest BCUT2D eigenvalue weighted by atomic mass is 127. The van der Waals surface area contributed by atoms with E-state index in [4.69, 9.17) is 0 Å². The first-order chi connectivity index (χ1) is 14.0. The van der Waals surface area contributed by atoms with Gasteiger partial charge in [-0.25, -0.2) is 0 Å². The van der Waals surface area contributed by atoms with Gasteiger partial charge >= 0.3 is 0 Å². The number of halogens is 1. The molecule has 0 atom stereocenters. The Kier molecular flexibility index (Phi) is 9.41. The SMILES string of the molecule is CN=C(NCC(=O)N1CCN(c2ccccc2)CC1)NCC(C)(C)c1cccs1.I. The topological polar surface area (TPSA) is 60.0 Å². The number of nitrogens with one attached hydrogen (secondary N) is 2. The Morgan fingerprint density at radius 3 is 2.37 bits per heavy atom. The molecule has 3 rings (SSSR count). The molecule has 2 N–H and O–H groups in total. The first kappa shape index (κ1) is 24.5. The summed E-state index contributed by atoms with van der Waals surface area (Å²) in [7, 11) is 1.73. The average Bonchev–Trinajstić information content (AvgIpc) is 3.30. The number of piperazine rings is 1. The maximum absolute atomic E-state index is 12.6. The third-order valence-corrected chi connectivity index (χ3v) is 6.51. The van der Waals surface area contributed by atoms with Gasteiger partial charge in [0.2, 0.25) is 5.91 Å². The number of nitrogens with zero attached hydrogens (tertiary/aromatic N) is 3. The number of thiophene rings is 1. The van der Waals surface area contributed by atoms with E-state index in [9.17, 15) is 4.79 Å².